The molecule has 1 aliphatic carbocycles. The van der Waals surface area contributed by atoms with Crippen LogP contribution in [0.15, 0.2) is 36.7 Å². The Labute approximate surface area is 124 Å². The number of aryl methyl sites for hydroxylation is 2. The summed E-state index contributed by atoms with van der Waals surface area (Å²) in [7, 11) is 1.81. The van der Waals surface area contributed by atoms with E-state index in [0.717, 1.165) is 24.8 Å². The maximum atomic E-state index is 12.4. The molecule has 21 heavy (non-hydrogen) atoms. The molecule has 1 heterocycles. The van der Waals surface area contributed by atoms with Crippen LogP contribution in [0.25, 0.3) is 0 Å². The van der Waals surface area contributed by atoms with E-state index in [9.17, 15) is 4.79 Å². The van der Waals surface area contributed by atoms with E-state index >= 15 is 0 Å². The fourth-order valence-corrected chi connectivity index (χ4v) is 2.92. The van der Waals surface area contributed by atoms with Gasteiger partial charge in [0.1, 0.15) is 6.04 Å². The van der Waals surface area contributed by atoms with Crippen molar-refractivity contribution in [3.63, 3.8) is 0 Å². The number of benzene rings is 1. The Kier molecular flexibility index (Phi) is 3.75. The van der Waals surface area contributed by atoms with Gasteiger partial charge in [-0.05, 0) is 30.4 Å². The van der Waals surface area contributed by atoms with Gasteiger partial charge in [0.15, 0.2) is 0 Å². The molecule has 2 unspecified atom stereocenters. The van der Waals surface area contributed by atoms with E-state index in [1.165, 1.54) is 11.1 Å². The van der Waals surface area contributed by atoms with Gasteiger partial charge in [-0.2, -0.15) is 5.10 Å². The molecular formula is C16H20N4O. The van der Waals surface area contributed by atoms with Crippen LogP contribution in [0.1, 0.15) is 41.6 Å². The summed E-state index contributed by atoms with van der Waals surface area (Å²) in [6.07, 6.45) is 6.54. The maximum Gasteiger partial charge on any atom is 0.242 e. The zero-order chi connectivity index (χ0) is 14.8. The molecule has 0 fully saturated rings. The first-order chi connectivity index (χ1) is 10.1. The second-order valence-electron chi connectivity index (χ2n) is 5.58. The largest absolute Gasteiger partial charge is 0.348 e. The molecule has 3 N–H and O–H groups in total. The molecule has 2 atom stereocenters. The van der Waals surface area contributed by atoms with Crippen LogP contribution in [0.4, 0.5) is 0 Å². The highest BCUT2D eigenvalue weighted by molar-refractivity contribution is 5.83. The Morgan fingerprint density at radius 3 is 3.05 bits per heavy atom. The van der Waals surface area contributed by atoms with Crippen molar-refractivity contribution in [3.8, 4) is 0 Å². The highest BCUT2D eigenvalue weighted by Crippen LogP contribution is 2.29. The van der Waals surface area contributed by atoms with E-state index in [2.05, 4.69) is 22.5 Å². The second-order valence-corrected chi connectivity index (χ2v) is 5.58. The molecule has 0 saturated heterocycles. The molecule has 0 saturated carbocycles. The summed E-state index contributed by atoms with van der Waals surface area (Å²) < 4.78 is 1.65. The molecule has 2 aromatic rings. The molecule has 110 valence electrons. The number of rotatable bonds is 3. The van der Waals surface area contributed by atoms with Gasteiger partial charge in [-0.3, -0.25) is 9.48 Å². The molecule has 0 bridgehead atoms. The lowest BCUT2D eigenvalue weighted by molar-refractivity contribution is -0.123. The SMILES string of the molecule is Cn1cc(C(N)C(=O)NC2CCCc3ccccc32)cn1. The average Bonchev–Trinajstić information content (AvgIpc) is 2.93. The molecule has 1 aliphatic rings. The number of hydrogen-bond acceptors (Lipinski definition) is 3. The van der Waals surface area contributed by atoms with Crippen molar-refractivity contribution in [2.24, 2.45) is 12.8 Å². The van der Waals surface area contributed by atoms with Gasteiger partial charge in [0, 0.05) is 18.8 Å². The lowest BCUT2D eigenvalue weighted by atomic mass is 9.87. The summed E-state index contributed by atoms with van der Waals surface area (Å²) in [6, 6.07) is 7.68. The van der Waals surface area contributed by atoms with Crippen molar-refractivity contribution in [2.45, 2.75) is 31.3 Å². The van der Waals surface area contributed by atoms with Crippen molar-refractivity contribution < 1.29 is 4.79 Å². The lowest BCUT2D eigenvalue weighted by Crippen LogP contribution is -2.37. The fourth-order valence-electron chi connectivity index (χ4n) is 2.92. The van der Waals surface area contributed by atoms with Crippen LogP contribution in [0.2, 0.25) is 0 Å². The van der Waals surface area contributed by atoms with Crippen LogP contribution in [-0.2, 0) is 18.3 Å². The highest BCUT2D eigenvalue weighted by Gasteiger charge is 2.24. The van der Waals surface area contributed by atoms with E-state index in [1.54, 1.807) is 17.1 Å². The van der Waals surface area contributed by atoms with E-state index < -0.39 is 6.04 Å². The first kappa shape index (κ1) is 13.8. The molecule has 5 nitrogen and oxygen atoms in total. The Balaban J connectivity index is 1.74. The number of nitrogens with zero attached hydrogens (tertiary/aromatic N) is 2. The summed E-state index contributed by atoms with van der Waals surface area (Å²) in [5.41, 5.74) is 9.30. The fraction of sp³-hybridized carbons (Fsp3) is 0.375. The van der Waals surface area contributed by atoms with Crippen LogP contribution in [0, 0.1) is 0 Å². The zero-order valence-electron chi connectivity index (χ0n) is 12.1. The van der Waals surface area contributed by atoms with Crippen LogP contribution in [0.5, 0.6) is 0 Å². The van der Waals surface area contributed by atoms with Gasteiger partial charge >= 0.3 is 0 Å². The third-order valence-corrected chi connectivity index (χ3v) is 4.05. The van der Waals surface area contributed by atoms with Gasteiger partial charge in [0.25, 0.3) is 0 Å². The quantitative estimate of drug-likeness (QED) is 0.899. The minimum absolute atomic E-state index is 0.0603. The third kappa shape index (κ3) is 2.83. The van der Waals surface area contributed by atoms with Gasteiger partial charge in [0.2, 0.25) is 5.91 Å². The van der Waals surface area contributed by atoms with Gasteiger partial charge in [0.05, 0.1) is 12.2 Å². The number of carbonyl (C=O) groups is 1. The number of nitrogens with one attached hydrogen (secondary N) is 1. The highest BCUT2D eigenvalue weighted by atomic mass is 16.2. The van der Waals surface area contributed by atoms with E-state index in [-0.39, 0.29) is 11.9 Å². The molecule has 3 rings (SSSR count). The van der Waals surface area contributed by atoms with Crippen LogP contribution in [-0.4, -0.2) is 15.7 Å². The number of aromatic nitrogens is 2. The van der Waals surface area contributed by atoms with E-state index in [0.29, 0.717) is 0 Å². The molecule has 0 aliphatic heterocycles. The van der Waals surface area contributed by atoms with Gasteiger partial charge in [-0.1, -0.05) is 24.3 Å². The number of fused-ring (bicyclic) bond motifs is 1. The summed E-state index contributed by atoms with van der Waals surface area (Å²) in [5.74, 6) is -0.148. The normalized spacial score (nSPS) is 18.9. The summed E-state index contributed by atoms with van der Waals surface area (Å²) in [6.45, 7) is 0. The molecular weight excluding hydrogens is 264 g/mol. The standard InChI is InChI=1S/C16H20N4O/c1-20-10-12(9-18-20)15(17)16(21)19-14-8-4-6-11-5-2-3-7-13(11)14/h2-3,5,7,9-10,14-15H,4,6,8,17H2,1H3,(H,19,21). The summed E-state index contributed by atoms with van der Waals surface area (Å²) in [5, 5.41) is 7.14. The van der Waals surface area contributed by atoms with E-state index in [4.69, 9.17) is 5.73 Å². The number of hydrogen-bond donors (Lipinski definition) is 2. The first-order valence-corrected chi connectivity index (χ1v) is 7.27. The molecule has 1 aromatic heterocycles. The maximum absolute atomic E-state index is 12.4. The topological polar surface area (TPSA) is 72.9 Å². The van der Waals surface area contributed by atoms with Gasteiger partial charge < -0.3 is 11.1 Å². The van der Waals surface area contributed by atoms with Crippen molar-refractivity contribution in [1.82, 2.24) is 15.1 Å². The van der Waals surface area contributed by atoms with Crippen molar-refractivity contribution in [3.05, 3.63) is 53.3 Å². The Bertz CT molecular complexity index is 649. The zero-order valence-corrected chi connectivity index (χ0v) is 12.1. The molecule has 1 amide bonds. The van der Waals surface area contributed by atoms with Crippen LogP contribution >= 0.6 is 0 Å². The van der Waals surface area contributed by atoms with Gasteiger partial charge in [-0.25, -0.2) is 0 Å². The van der Waals surface area contributed by atoms with Crippen LogP contribution in [0.3, 0.4) is 0 Å². The molecule has 0 radical (unpaired) electrons. The van der Waals surface area contributed by atoms with Gasteiger partial charge in [-0.15, -0.1) is 0 Å². The Morgan fingerprint density at radius 1 is 1.48 bits per heavy atom. The number of nitrogens with two attached hydrogens (primary N) is 1. The minimum atomic E-state index is -0.673. The monoisotopic (exact) mass is 284 g/mol. The van der Waals surface area contributed by atoms with Crippen molar-refractivity contribution in [1.29, 1.82) is 0 Å². The second kappa shape index (κ2) is 5.69. The summed E-state index contributed by atoms with van der Waals surface area (Å²) in [4.78, 5) is 12.4. The summed E-state index contributed by atoms with van der Waals surface area (Å²) >= 11 is 0. The Morgan fingerprint density at radius 2 is 2.29 bits per heavy atom. The first-order valence-electron chi connectivity index (χ1n) is 7.27. The number of amides is 1. The minimum Gasteiger partial charge on any atom is -0.348 e. The lowest BCUT2D eigenvalue weighted by Gasteiger charge is -2.27. The predicted molar refractivity (Wildman–Crippen MR) is 80.4 cm³/mol. The third-order valence-electron chi connectivity index (χ3n) is 4.05. The predicted octanol–water partition coefficient (Wildman–Crippen LogP) is 1.61. The van der Waals surface area contributed by atoms with Crippen LogP contribution < -0.4 is 11.1 Å². The molecule has 5 heteroatoms. The van der Waals surface area contributed by atoms with E-state index in [1.807, 2.05) is 19.2 Å². The Hall–Kier alpha value is -2.14. The molecule has 0 spiro atoms. The average molecular weight is 284 g/mol. The van der Waals surface area contributed by atoms with Crippen molar-refractivity contribution in [2.75, 3.05) is 0 Å². The van der Waals surface area contributed by atoms with Crippen molar-refractivity contribution >= 4 is 5.91 Å². The smallest absolute Gasteiger partial charge is 0.242 e. The molecule has 1 aromatic carbocycles. The number of carbonyl (C=O) groups excluding carboxylic acids is 1.